The molecule has 2 aromatic heterocycles. The van der Waals surface area contributed by atoms with E-state index < -0.39 is 8.32 Å². The van der Waals surface area contributed by atoms with Gasteiger partial charge in [0.15, 0.2) is 12.6 Å². The summed E-state index contributed by atoms with van der Waals surface area (Å²) < 4.78 is 6.82. The van der Waals surface area contributed by atoms with Gasteiger partial charge in [-0.05, 0) is 117 Å². The number of aromatic hydroxyl groups is 1. The molecule has 9 heteroatoms. The van der Waals surface area contributed by atoms with Crippen LogP contribution in [-0.4, -0.2) is 52.2 Å². The largest absolute Gasteiger partial charge is 0.543 e. The van der Waals surface area contributed by atoms with Crippen LogP contribution < -0.4 is 14.2 Å². The van der Waals surface area contributed by atoms with Crippen molar-refractivity contribution in [1.82, 2.24) is 0 Å². The van der Waals surface area contributed by atoms with Crippen molar-refractivity contribution in [2.45, 2.75) is 118 Å². The van der Waals surface area contributed by atoms with Crippen LogP contribution in [0.5, 0.6) is 11.5 Å². The van der Waals surface area contributed by atoms with E-state index in [1.807, 2.05) is 42.5 Å². The average Bonchev–Trinajstić information content (AvgIpc) is 3.86. The van der Waals surface area contributed by atoms with Gasteiger partial charge in [0, 0.05) is 70.6 Å². The quantitative estimate of drug-likeness (QED) is 0.0628. The second kappa shape index (κ2) is 24.1. The fourth-order valence-electron chi connectivity index (χ4n) is 5.77. The van der Waals surface area contributed by atoms with Gasteiger partial charge in [-0.2, -0.15) is 0 Å². The first-order chi connectivity index (χ1) is 27.3. The molecule has 2 aromatic carbocycles. The number of hydrogen-bond acceptors (Lipinski definition) is 8. The van der Waals surface area contributed by atoms with Gasteiger partial charge >= 0.3 is 0 Å². The van der Waals surface area contributed by atoms with Crippen LogP contribution in [0.25, 0.3) is 24.3 Å². The fourth-order valence-corrected chi connectivity index (χ4v) is 8.26. The smallest absolute Gasteiger partial charge is 0.250 e. The van der Waals surface area contributed by atoms with Crippen LogP contribution in [0.4, 0.5) is 11.4 Å². The molecule has 57 heavy (non-hydrogen) atoms. The fraction of sp³-hybridized carbons (Fsp3) is 0.458. The normalized spacial score (nSPS) is 11.8. The Labute approximate surface area is 353 Å². The average molecular weight is 829 g/mol. The minimum atomic E-state index is -1.99. The van der Waals surface area contributed by atoms with Crippen LogP contribution in [0, 0.1) is 0 Å². The molecule has 0 unspecified atom stereocenters. The van der Waals surface area contributed by atoms with Gasteiger partial charge < -0.3 is 19.3 Å². The Morgan fingerprint density at radius 1 is 0.596 bits per heavy atom. The van der Waals surface area contributed by atoms with E-state index in [4.69, 9.17) is 4.43 Å². The summed E-state index contributed by atoms with van der Waals surface area (Å²) in [5.74, 6) is 1.26. The van der Waals surface area contributed by atoms with E-state index >= 15 is 0 Å². The zero-order valence-corrected chi connectivity index (χ0v) is 38.7. The SMILES string of the molecule is CCCCN(CCCC)c1ccc(/C=C/c2ccc(C=O)s2)c(O)c1.CCCCN(CCCC)c1ccc(C=Cc2ccc(C=O)s2)c(O[Si](C)(C)C(C)(C)C)c1. The molecule has 0 spiro atoms. The molecule has 0 aliphatic heterocycles. The molecule has 2 heterocycles. The number of hydrogen-bond donors (Lipinski definition) is 1. The maximum absolute atomic E-state index is 11.0. The first-order valence-electron chi connectivity index (χ1n) is 20.9. The van der Waals surface area contributed by atoms with Crippen molar-refractivity contribution in [3.05, 3.63) is 91.3 Å². The Morgan fingerprint density at radius 2 is 1.00 bits per heavy atom. The number of phenolic OH excluding ortho intramolecular Hbond substituents is 1. The highest BCUT2D eigenvalue weighted by Crippen LogP contribution is 2.40. The zero-order chi connectivity index (χ0) is 41.8. The molecule has 0 saturated carbocycles. The third-order valence-electron chi connectivity index (χ3n) is 10.4. The molecule has 4 rings (SSSR count). The van der Waals surface area contributed by atoms with Gasteiger partial charge in [-0.3, -0.25) is 9.59 Å². The van der Waals surface area contributed by atoms with Gasteiger partial charge in [0.1, 0.15) is 11.5 Å². The van der Waals surface area contributed by atoms with Crippen molar-refractivity contribution >= 4 is 79.2 Å². The number of aldehydes is 2. The Hall–Kier alpha value is -3.92. The van der Waals surface area contributed by atoms with Gasteiger partial charge in [0.2, 0.25) is 0 Å². The number of anilines is 2. The molecule has 0 radical (unpaired) electrons. The van der Waals surface area contributed by atoms with Crippen molar-refractivity contribution < 1.29 is 19.1 Å². The molecule has 0 atom stereocenters. The van der Waals surface area contributed by atoms with Gasteiger partial charge in [-0.25, -0.2) is 0 Å². The van der Waals surface area contributed by atoms with Crippen LogP contribution in [0.3, 0.4) is 0 Å². The minimum Gasteiger partial charge on any atom is -0.543 e. The van der Waals surface area contributed by atoms with Crippen LogP contribution in [0.15, 0.2) is 60.7 Å². The van der Waals surface area contributed by atoms with Gasteiger partial charge in [-0.15, -0.1) is 22.7 Å². The van der Waals surface area contributed by atoms with E-state index in [9.17, 15) is 14.7 Å². The summed E-state index contributed by atoms with van der Waals surface area (Å²) >= 11 is 2.95. The highest BCUT2D eigenvalue weighted by Gasteiger charge is 2.39. The van der Waals surface area contributed by atoms with E-state index in [0.717, 1.165) is 88.8 Å². The molecule has 0 bridgehead atoms. The summed E-state index contributed by atoms with van der Waals surface area (Å²) in [4.78, 5) is 30.2. The Kier molecular flexibility index (Phi) is 20.1. The molecule has 1 N–H and O–H groups in total. The maximum atomic E-state index is 11.0. The van der Waals surface area contributed by atoms with Crippen molar-refractivity contribution in [1.29, 1.82) is 0 Å². The minimum absolute atomic E-state index is 0.126. The van der Waals surface area contributed by atoms with E-state index in [1.54, 1.807) is 6.07 Å². The second-order valence-electron chi connectivity index (χ2n) is 16.1. The number of phenols is 1. The number of nitrogens with zero attached hydrogens (tertiary/aromatic N) is 2. The number of carbonyl (C=O) groups excluding carboxylic acids is 2. The lowest BCUT2D eigenvalue weighted by molar-refractivity contribution is 0.111. The van der Waals surface area contributed by atoms with Gasteiger partial charge in [0.25, 0.3) is 8.32 Å². The summed E-state index contributed by atoms with van der Waals surface area (Å²) in [5.41, 5.74) is 4.20. The van der Waals surface area contributed by atoms with E-state index in [-0.39, 0.29) is 5.04 Å². The van der Waals surface area contributed by atoms with E-state index in [2.05, 4.69) is 108 Å². The Bertz CT molecular complexity index is 1850. The third kappa shape index (κ3) is 15.4. The Balaban J connectivity index is 0.000000315. The third-order valence-corrected chi connectivity index (χ3v) is 16.7. The number of rotatable bonds is 22. The topological polar surface area (TPSA) is 70.1 Å². The van der Waals surface area contributed by atoms with E-state index in [1.165, 1.54) is 66.9 Å². The Morgan fingerprint density at radius 3 is 1.39 bits per heavy atom. The molecular formula is C48H68N2O4S2Si. The van der Waals surface area contributed by atoms with Crippen LogP contribution in [0.1, 0.15) is 140 Å². The summed E-state index contributed by atoms with van der Waals surface area (Å²) in [6.45, 7) is 24.5. The number of benzene rings is 2. The van der Waals surface area contributed by atoms with Crippen molar-refractivity contribution in [2.24, 2.45) is 0 Å². The maximum Gasteiger partial charge on any atom is 0.250 e. The standard InChI is InChI=1S/C27H41NO2SSi.C21H27NO2S/c1-8-10-18-28(19-11-9-2)23-14-12-22(13-15-24-16-17-25(21-29)31-24)26(20-23)30-32(6,7)27(3,4)5;1-3-5-13-22(14-6-4-2)18-9-7-17(21(24)15-18)8-10-19-11-12-20(16-23)25-19/h12-17,20-21H,8-11,18-19H2,1-7H3;7-12,15-16,24H,3-6,13-14H2,1-2H3/b;10-8+. The lowest BCUT2D eigenvalue weighted by Crippen LogP contribution is -2.44. The molecule has 0 aliphatic carbocycles. The number of carbonyl (C=O) groups is 2. The predicted octanol–water partition coefficient (Wildman–Crippen LogP) is 14.4. The van der Waals surface area contributed by atoms with Crippen molar-refractivity contribution in [2.75, 3.05) is 36.0 Å². The molecule has 6 nitrogen and oxygen atoms in total. The first-order valence-corrected chi connectivity index (χ1v) is 25.4. The summed E-state index contributed by atoms with van der Waals surface area (Å²) in [5, 5.41) is 10.5. The molecule has 4 aromatic rings. The summed E-state index contributed by atoms with van der Waals surface area (Å²) in [7, 11) is -1.99. The number of unbranched alkanes of at least 4 members (excludes halogenated alkanes) is 4. The molecular weight excluding hydrogens is 761 g/mol. The van der Waals surface area contributed by atoms with Crippen LogP contribution >= 0.6 is 22.7 Å². The molecule has 0 aliphatic rings. The first kappa shape index (κ1) is 47.5. The molecule has 310 valence electrons. The van der Waals surface area contributed by atoms with Crippen LogP contribution in [-0.2, 0) is 0 Å². The highest BCUT2D eigenvalue weighted by atomic mass is 32.1. The summed E-state index contributed by atoms with van der Waals surface area (Å²) in [6.07, 6.45) is 19.2. The lowest BCUT2D eigenvalue weighted by atomic mass is 10.1. The molecule has 0 amide bonds. The zero-order valence-electron chi connectivity index (χ0n) is 36.1. The van der Waals surface area contributed by atoms with Crippen molar-refractivity contribution in [3.8, 4) is 11.5 Å². The molecule has 0 fully saturated rings. The van der Waals surface area contributed by atoms with Crippen molar-refractivity contribution in [3.63, 3.8) is 0 Å². The van der Waals surface area contributed by atoms with Gasteiger partial charge in [-0.1, -0.05) is 74.1 Å². The van der Waals surface area contributed by atoms with Crippen LogP contribution in [0.2, 0.25) is 18.1 Å². The van der Waals surface area contributed by atoms with E-state index in [0.29, 0.717) is 10.6 Å². The monoisotopic (exact) mass is 828 g/mol. The number of thiophene rings is 2. The molecule has 0 saturated heterocycles. The highest BCUT2D eigenvalue weighted by molar-refractivity contribution is 7.14. The lowest BCUT2D eigenvalue weighted by Gasteiger charge is -2.37. The second-order valence-corrected chi connectivity index (χ2v) is 23.1. The predicted molar refractivity (Wildman–Crippen MR) is 254 cm³/mol. The summed E-state index contributed by atoms with van der Waals surface area (Å²) in [6, 6.07) is 20.1. The van der Waals surface area contributed by atoms with Gasteiger partial charge in [0.05, 0.1) is 9.75 Å².